The molecule has 4 nitrogen and oxygen atoms in total. The SMILES string of the molecule is CC1(C)Cc2ccccc2C1n1cncc1C(=O)O. The summed E-state index contributed by atoms with van der Waals surface area (Å²) in [6.45, 7) is 4.34. The molecule has 3 rings (SSSR count). The van der Waals surface area contributed by atoms with E-state index in [1.807, 2.05) is 12.1 Å². The monoisotopic (exact) mass is 256 g/mol. The van der Waals surface area contributed by atoms with Crippen LogP contribution in [0.5, 0.6) is 0 Å². The van der Waals surface area contributed by atoms with Crippen LogP contribution in [0.25, 0.3) is 0 Å². The van der Waals surface area contributed by atoms with Gasteiger partial charge in [-0.05, 0) is 23.0 Å². The molecule has 2 aromatic rings. The first-order valence-electron chi connectivity index (χ1n) is 6.33. The lowest BCUT2D eigenvalue weighted by Gasteiger charge is -2.29. The highest BCUT2D eigenvalue weighted by molar-refractivity contribution is 5.85. The summed E-state index contributed by atoms with van der Waals surface area (Å²) in [6, 6.07) is 8.26. The minimum Gasteiger partial charge on any atom is -0.477 e. The molecule has 0 spiro atoms. The van der Waals surface area contributed by atoms with E-state index in [1.54, 1.807) is 10.9 Å². The molecule has 1 aliphatic rings. The third-order valence-corrected chi connectivity index (χ3v) is 3.90. The van der Waals surface area contributed by atoms with E-state index >= 15 is 0 Å². The van der Waals surface area contributed by atoms with Crippen molar-refractivity contribution in [2.45, 2.75) is 26.3 Å². The number of aromatic carboxylic acids is 1. The van der Waals surface area contributed by atoms with E-state index in [2.05, 4.69) is 31.0 Å². The van der Waals surface area contributed by atoms with Crippen molar-refractivity contribution in [2.24, 2.45) is 5.41 Å². The molecule has 1 atom stereocenters. The van der Waals surface area contributed by atoms with Crippen molar-refractivity contribution in [1.82, 2.24) is 9.55 Å². The number of carboxylic acids is 1. The fourth-order valence-electron chi connectivity index (χ4n) is 3.17. The van der Waals surface area contributed by atoms with Crippen LogP contribution in [0.2, 0.25) is 0 Å². The highest BCUT2D eigenvalue weighted by Crippen LogP contribution is 2.47. The number of fused-ring (bicyclic) bond motifs is 1. The first-order valence-corrected chi connectivity index (χ1v) is 6.33. The Hall–Kier alpha value is -2.10. The van der Waals surface area contributed by atoms with E-state index in [9.17, 15) is 9.90 Å². The van der Waals surface area contributed by atoms with E-state index in [1.165, 1.54) is 17.3 Å². The standard InChI is InChI=1S/C15H16N2O2/c1-15(2)7-10-5-3-4-6-11(10)13(15)17-9-16-8-12(17)14(18)19/h3-6,8-9,13H,7H2,1-2H3,(H,18,19). The zero-order valence-electron chi connectivity index (χ0n) is 11.0. The Labute approximate surface area is 111 Å². The van der Waals surface area contributed by atoms with Crippen molar-refractivity contribution in [3.05, 3.63) is 53.6 Å². The van der Waals surface area contributed by atoms with Crippen LogP contribution in [0.4, 0.5) is 0 Å². The van der Waals surface area contributed by atoms with Crippen LogP contribution in [-0.4, -0.2) is 20.6 Å². The van der Waals surface area contributed by atoms with Crippen LogP contribution in [0.15, 0.2) is 36.8 Å². The highest BCUT2D eigenvalue weighted by atomic mass is 16.4. The summed E-state index contributed by atoms with van der Waals surface area (Å²) in [4.78, 5) is 15.3. The number of carboxylic acid groups (broad SMARTS) is 1. The molecule has 0 bridgehead atoms. The van der Waals surface area contributed by atoms with Crippen molar-refractivity contribution in [2.75, 3.05) is 0 Å². The van der Waals surface area contributed by atoms with Gasteiger partial charge in [-0.25, -0.2) is 9.78 Å². The third-order valence-electron chi connectivity index (χ3n) is 3.90. The molecule has 1 heterocycles. The molecule has 1 unspecified atom stereocenters. The molecule has 0 fully saturated rings. The fourth-order valence-corrected chi connectivity index (χ4v) is 3.17. The molecular weight excluding hydrogens is 240 g/mol. The van der Waals surface area contributed by atoms with Crippen LogP contribution >= 0.6 is 0 Å². The quantitative estimate of drug-likeness (QED) is 0.898. The van der Waals surface area contributed by atoms with Gasteiger partial charge >= 0.3 is 5.97 Å². The fraction of sp³-hybridized carbons (Fsp3) is 0.333. The van der Waals surface area contributed by atoms with Gasteiger partial charge in [0.2, 0.25) is 0 Å². The zero-order valence-corrected chi connectivity index (χ0v) is 11.0. The molecule has 0 radical (unpaired) electrons. The number of imidazole rings is 1. The Balaban J connectivity index is 2.18. The van der Waals surface area contributed by atoms with Crippen molar-refractivity contribution >= 4 is 5.97 Å². The normalized spacial score (nSPS) is 20.2. The number of rotatable bonds is 2. The number of nitrogens with zero attached hydrogens (tertiary/aromatic N) is 2. The molecular formula is C15H16N2O2. The number of hydrogen-bond donors (Lipinski definition) is 1. The van der Waals surface area contributed by atoms with Crippen molar-refractivity contribution in [1.29, 1.82) is 0 Å². The maximum atomic E-state index is 11.3. The molecule has 19 heavy (non-hydrogen) atoms. The topological polar surface area (TPSA) is 55.1 Å². The molecule has 0 saturated carbocycles. The van der Waals surface area contributed by atoms with Gasteiger partial charge in [-0.3, -0.25) is 0 Å². The lowest BCUT2D eigenvalue weighted by molar-refractivity contribution is 0.0680. The van der Waals surface area contributed by atoms with Gasteiger partial charge in [-0.2, -0.15) is 0 Å². The van der Waals surface area contributed by atoms with Crippen molar-refractivity contribution in [3.63, 3.8) is 0 Å². The van der Waals surface area contributed by atoms with Gasteiger partial charge < -0.3 is 9.67 Å². The van der Waals surface area contributed by atoms with Crippen LogP contribution in [0, 0.1) is 5.41 Å². The summed E-state index contributed by atoms with van der Waals surface area (Å²) in [5.74, 6) is -0.933. The molecule has 0 aliphatic heterocycles. The largest absolute Gasteiger partial charge is 0.477 e. The lowest BCUT2D eigenvalue weighted by atomic mass is 9.85. The second-order valence-electron chi connectivity index (χ2n) is 5.76. The van der Waals surface area contributed by atoms with Crippen LogP contribution in [0.3, 0.4) is 0 Å². The smallest absolute Gasteiger partial charge is 0.354 e. The average Bonchev–Trinajstić information content (AvgIpc) is 2.88. The Bertz CT molecular complexity index is 643. The molecule has 0 saturated heterocycles. The van der Waals surface area contributed by atoms with Gasteiger partial charge in [0, 0.05) is 0 Å². The van der Waals surface area contributed by atoms with Crippen LogP contribution < -0.4 is 0 Å². The summed E-state index contributed by atoms with van der Waals surface area (Å²) in [6.07, 6.45) is 3.99. The Morgan fingerprint density at radius 1 is 1.42 bits per heavy atom. The summed E-state index contributed by atoms with van der Waals surface area (Å²) in [7, 11) is 0. The second kappa shape index (κ2) is 3.95. The van der Waals surface area contributed by atoms with Gasteiger partial charge in [0.1, 0.15) is 5.69 Å². The number of carbonyl (C=O) groups is 1. The number of hydrogen-bond acceptors (Lipinski definition) is 2. The van der Waals surface area contributed by atoms with Crippen molar-refractivity contribution < 1.29 is 9.90 Å². The molecule has 0 amide bonds. The first kappa shape index (κ1) is 12.0. The predicted octanol–water partition coefficient (Wildman–Crippen LogP) is 2.75. The van der Waals surface area contributed by atoms with Gasteiger partial charge in [-0.15, -0.1) is 0 Å². The Morgan fingerprint density at radius 3 is 2.89 bits per heavy atom. The number of aromatic nitrogens is 2. The Morgan fingerprint density at radius 2 is 2.16 bits per heavy atom. The summed E-state index contributed by atoms with van der Waals surface area (Å²) >= 11 is 0. The summed E-state index contributed by atoms with van der Waals surface area (Å²) in [5.41, 5.74) is 2.72. The Kier molecular flexibility index (Phi) is 2.49. The molecule has 1 aromatic heterocycles. The highest BCUT2D eigenvalue weighted by Gasteiger charge is 2.41. The molecule has 1 aromatic carbocycles. The molecule has 1 aliphatic carbocycles. The lowest BCUT2D eigenvalue weighted by Crippen LogP contribution is -2.26. The molecule has 1 N–H and O–H groups in total. The van der Waals surface area contributed by atoms with Crippen LogP contribution in [0.1, 0.15) is 41.5 Å². The average molecular weight is 256 g/mol. The zero-order chi connectivity index (χ0) is 13.6. The van der Waals surface area contributed by atoms with E-state index in [-0.39, 0.29) is 17.2 Å². The first-order chi connectivity index (χ1) is 9.00. The van der Waals surface area contributed by atoms with Gasteiger partial charge in [0.25, 0.3) is 0 Å². The minimum atomic E-state index is -0.933. The van der Waals surface area contributed by atoms with Crippen molar-refractivity contribution in [3.8, 4) is 0 Å². The number of benzene rings is 1. The minimum absolute atomic E-state index is 0.0193. The predicted molar refractivity (Wildman–Crippen MR) is 71.3 cm³/mol. The third kappa shape index (κ3) is 1.75. The van der Waals surface area contributed by atoms with Gasteiger partial charge in [0.05, 0.1) is 18.6 Å². The maximum absolute atomic E-state index is 11.3. The second-order valence-corrected chi connectivity index (χ2v) is 5.76. The van der Waals surface area contributed by atoms with E-state index in [0.717, 1.165) is 6.42 Å². The summed E-state index contributed by atoms with van der Waals surface area (Å²) < 4.78 is 1.79. The van der Waals surface area contributed by atoms with Crippen LogP contribution in [-0.2, 0) is 6.42 Å². The van der Waals surface area contributed by atoms with E-state index < -0.39 is 5.97 Å². The van der Waals surface area contributed by atoms with Gasteiger partial charge in [-0.1, -0.05) is 38.1 Å². The molecule has 4 heteroatoms. The van der Waals surface area contributed by atoms with E-state index in [4.69, 9.17) is 0 Å². The molecule has 98 valence electrons. The van der Waals surface area contributed by atoms with Gasteiger partial charge in [0.15, 0.2) is 0 Å². The maximum Gasteiger partial charge on any atom is 0.354 e. The van der Waals surface area contributed by atoms with E-state index in [0.29, 0.717) is 0 Å². The summed E-state index contributed by atoms with van der Waals surface area (Å²) in [5, 5.41) is 9.27.